The second kappa shape index (κ2) is 4.53. The lowest BCUT2D eigenvalue weighted by Gasteiger charge is -2.23. The van der Waals surface area contributed by atoms with E-state index in [2.05, 4.69) is 26.2 Å². The fourth-order valence-corrected chi connectivity index (χ4v) is 2.42. The van der Waals surface area contributed by atoms with Crippen LogP contribution in [0, 0.1) is 0 Å². The lowest BCUT2D eigenvalue weighted by Crippen LogP contribution is -2.39. The number of ether oxygens (including phenoxy) is 1. The molecule has 1 heterocycles. The fourth-order valence-electron chi connectivity index (χ4n) is 1.78. The van der Waals surface area contributed by atoms with Gasteiger partial charge in [0.2, 0.25) is 0 Å². The number of nitrogens with one attached hydrogen (secondary N) is 1. The summed E-state index contributed by atoms with van der Waals surface area (Å²) in [5.74, 6) is 0. The zero-order valence-electron chi connectivity index (χ0n) is 10.8. The summed E-state index contributed by atoms with van der Waals surface area (Å²) in [7, 11) is 0. The standard InChI is InChI=1S/C13H17BrN2O2/c1-12(2,3)18-11(17)16-13(6-7-13)10-9(14)5-4-8-15-10/h4-5,8H,6-7H2,1-3H3,(H,16,17). The quantitative estimate of drug-likeness (QED) is 0.911. The first-order valence-electron chi connectivity index (χ1n) is 5.95. The first-order valence-corrected chi connectivity index (χ1v) is 6.74. The Morgan fingerprint density at radius 3 is 2.67 bits per heavy atom. The van der Waals surface area contributed by atoms with Gasteiger partial charge in [-0.2, -0.15) is 0 Å². The molecule has 0 atom stereocenters. The zero-order chi connectivity index (χ0) is 13.4. The predicted octanol–water partition coefficient (Wildman–Crippen LogP) is 3.36. The maximum absolute atomic E-state index is 11.8. The van der Waals surface area contributed by atoms with Crippen LogP contribution in [-0.2, 0) is 10.3 Å². The highest BCUT2D eigenvalue weighted by molar-refractivity contribution is 9.10. The van der Waals surface area contributed by atoms with Crippen molar-refractivity contribution < 1.29 is 9.53 Å². The molecule has 1 aromatic heterocycles. The summed E-state index contributed by atoms with van der Waals surface area (Å²) in [4.78, 5) is 16.2. The molecule has 1 saturated carbocycles. The van der Waals surface area contributed by atoms with Gasteiger partial charge >= 0.3 is 6.09 Å². The van der Waals surface area contributed by atoms with Gasteiger partial charge in [0, 0.05) is 10.7 Å². The monoisotopic (exact) mass is 312 g/mol. The Morgan fingerprint density at radius 2 is 2.17 bits per heavy atom. The van der Waals surface area contributed by atoms with Crippen LogP contribution in [0.25, 0.3) is 0 Å². The minimum atomic E-state index is -0.485. The van der Waals surface area contributed by atoms with Crippen LogP contribution in [0.4, 0.5) is 4.79 Å². The van der Waals surface area contributed by atoms with Gasteiger partial charge in [-0.1, -0.05) is 0 Å². The number of hydrogen-bond acceptors (Lipinski definition) is 3. The summed E-state index contributed by atoms with van der Waals surface area (Å²) in [5, 5.41) is 2.93. The van der Waals surface area contributed by atoms with Crippen molar-refractivity contribution in [2.24, 2.45) is 0 Å². The Morgan fingerprint density at radius 1 is 1.50 bits per heavy atom. The van der Waals surface area contributed by atoms with E-state index in [0.29, 0.717) is 0 Å². The smallest absolute Gasteiger partial charge is 0.408 e. The minimum absolute atomic E-state index is 0.359. The van der Waals surface area contributed by atoms with E-state index in [9.17, 15) is 4.79 Å². The van der Waals surface area contributed by atoms with Crippen LogP contribution in [0.3, 0.4) is 0 Å². The van der Waals surface area contributed by atoms with E-state index < -0.39 is 11.7 Å². The fraction of sp³-hybridized carbons (Fsp3) is 0.538. The number of alkyl carbamates (subject to hydrolysis) is 1. The van der Waals surface area contributed by atoms with Crippen molar-refractivity contribution in [3.63, 3.8) is 0 Å². The molecule has 1 fully saturated rings. The molecule has 0 saturated heterocycles. The zero-order valence-corrected chi connectivity index (χ0v) is 12.4. The van der Waals surface area contributed by atoms with Crippen LogP contribution in [0.15, 0.2) is 22.8 Å². The molecule has 5 heteroatoms. The van der Waals surface area contributed by atoms with Crippen LogP contribution in [0.5, 0.6) is 0 Å². The number of hydrogen-bond donors (Lipinski definition) is 1. The number of rotatable bonds is 2. The molecule has 0 aliphatic heterocycles. The van der Waals surface area contributed by atoms with Crippen LogP contribution < -0.4 is 5.32 Å². The number of amides is 1. The number of carbonyl (C=O) groups is 1. The molecule has 0 unspecified atom stereocenters. The lowest BCUT2D eigenvalue weighted by molar-refractivity contribution is 0.0493. The number of pyridine rings is 1. The minimum Gasteiger partial charge on any atom is -0.444 e. The molecule has 0 bridgehead atoms. The van der Waals surface area contributed by atoms with E-state index in [1.54, 1.807) is 6.20 Å². The molecule has 18 heavy (non-hydrogen) atoms. The van der Waals surface area contributed by atoms with Gasteiger partial charge in [0.1, 0.15) is 5.60 Å². The van der Waals surface area contributed by atoms with Gasteiger partial charge in [-0.15, -0.1) is 0 Å². The molecular weight excluding hydrogens is 296 g/mol. The second-order valence-electron chi connectivity index (χ2n) is 5.54. The van der Waals surface area contributed by atoms with Gasteiger partial charge in [0.25, 0.3) is 0 Å². The summed E-state index contributed by atoms with van der Waals surface area (Å²) in [5.41, 5.74) is 0.0279. The topological polar surface area (TPSA) is 51.2 Å². The third kappa shape index (κ3) is 3.02. The summed E-state index contributed by atoms with van der Waals surface area (Å²) < 4.78 is 6.20. The highest BCUT2D eigenvalue weighted by Gasteiger charge is 2.49. The number of carbonyl (C=O) groups excluding carboxylic acids is 1. The van der Waals surface area contributed by atoms with Gasteiger partial charge in [-0.05, 0) is 61.7 Å². The molecule has 0 spiro atoms. The van der Waals surface area contributed by atoms with Crippen molar-refractivity contribution in [3.8, 4) is 0 Å². The molecular formula is C13H17BrN2O2. The summed E-state index contributed by atoms with van der Waals surface area (Å²) in [6, 6.07) is 3.79. The third-order valence-corrected chi connectivity index (χ3v) is 3.34. The Labute approximate surface area is 115 Å². The van der Waals surface area contributed by atoms with Crippen LogP contribution >= 0.6 is 15.9 Å². The average Bonchev–Trinajstić information content (AvgIpc) is 2.96. The molecule has 1 aliphatic rings. The first kappa shape index (κ1) is 13.3. The normalized spacial score (nSPS) is 17.1. The molecule has 1 aliphatic carbocycles. The number of halogens is 1. The largest absolute Gasteiger partial charge is 0.444 e. The molecule has 1 aromatic rings. The second-order valence-corrected chi connectivity index (χ2v) is 6.40. The van der Waals surface area contributed by atoms with E-state index >= 15 is 0 Å². The van der Waals surface area contributed by atoms with Gasteiger partial charge in [0.05, 0.1) is 11.2 Å². The third-order valence-electron chi connectivity index (χ3n) is 2.70. The van der Waals surface area contributed by atoms with Gasteiger partial charge in [0.15, 0.2) is 0 Å². The Balaban J connectivity index is 2.10. The van der Waals surface area contributed by atoms with Crippen LogP contribution in [-0.4, -0.2) is 16.7 Å². The average molecular weight is 313 g/mol. The molecule has 1 N–H and O–H groups in total. The van der Waals surface area contributed by atoms with Crippen molar-refractivity contribution >= 4 is 22.0 Å². The molecule has 0 radical (unpaired) electrons. The SMILES string of the molecule is CC(C)(C)OC(=O)NC1(c2ncccc2Br)CC1. The molecule has 0 aromatic carbocycles. The lowest BCUT2D eigenvalue weighted by atomic mass is 10.1. The van der Waals surface area contributed by atoms with Crippen LogP contribution in [0.2, 0.25) is 0 Å². The summed E-state index contributed by atoms with van der Waals surface area (Å²) in [6.45, 7) is 5.55. The van der Waals surface area contributed by atoms with E-state index in [1.807, 2.05) is 32.9 Å². The summed E-state index contributed by atoms with van der Waals surface area (Å²) in [6.07, 6.45) is 3.12. The summed E-state index contributed by atoms with van der Waals surface area (Å²) >= 11 is 3.47. The first-order chi connectivity index (χ1) is 8.32. The van der Waals surface area contributed by atoms with Crippen molar-refractivity contribution in [2.75, 3.05) is 0 Å². The van der Waals surface area contributed by atoms with Gasteiger partial charge in [-0.25, -0.2) is 4.79 Å². The maximum Gasteiger partial charge on any atom is 0.408 e. The number of nitrogens with zero attached hydrogens (tertiary/aromatic N) is 1. The van der Waals surface area contributed by atoms with E-state index in [1.165, 1.54) is 0 Å². The molecule has 1 amide bonds. The molecule has 98 valence electrons. The maximum atomic E-state index is 11.8. The highest BCUT2D eigenvalue weighted by Crippen LogP contribution is 2.47. The van der Waals surface area contributed by atoms with E-state index in [0.717, 1.165) is 23.0 Å². The Hall–Kier alpha value is -1.10. The van der Waals surface area contributed by atoms with Gasteiger partial charge in [-0.3, -0.25) is 4.98 Å². The Kier molecular flexibility index (Phi) is 3.36. The van der Waals surface area contributed by atoms with Crippen LogP contribution in [0.1, 0.15) is 39.3 Å². The molecule has 4 nitrogen and oxygen atoms in total. The number of aromatic nitrogens is 1. The Bertz CT molecular complexity index is 464. The van der Waals surface area contributed by atoms with Crippen molar-refractivity contribution in [1.29, 1.82) is 0 Å². The predicted molar refractivity (Wildman–Crippen MR) is 72.2 cm³/mol. The van der Waals surface area contributed by atoms with Gasteiger partial charge < -0.3 is 10.1 Å². The van der Waals surface area contributed by atoms with Crippen molar-refractivity contribution in [2.45, 2.75) is 44.8 Å². The van der Waals surface area contributed by atoms with Crippen molar-refractivity contribution in [3.05, 3.63) is 28.5 Å². The van der Waals surface area contributed by atoms with Crippen molar-refractivity contribution in [1.82, 2.24) is 10.3 Å². The highest BCUT2D eigenvalue weighted by atomic mass is 79.9. The molecule has 2 rings (SSSR count). The van der Waals surface area contributed by atoms with E-state index in [-0.39, 0.29) is 5.54 Å². The van der Waals surface area contributed by atoms with E-state index in [4.69, 9.17) is 4.74 Å².